The van der Waals surface area contributed by atoms with Crippen molar-refractivity contribution in [3.05, 3.63) is 107 Å². The molecule has 0 amide bonds. The number of aryl methyl sites for hydroxylation is 1. The van der Waals surface area contributed by atoms with Crippen molar-refractivity contribution in [3.63, 3.8) is 0 Å². The normalized spacial score (nSPS) is 17.8. The summed E-state index contributed by atoms with van der Waals surface area (Å²) in [5, 5.41) is 4.73. The summed E-state index contributed by atoms with van der Waals surface area (Å²) >= 11 is 12.1. The molecule has 2 N–H and O–H groups in total. The van der Waals surface area contributed by atoms with E-state index < -0.39 is 10.0 Å². The van der Waals surface area contributed by atoms with Crippen molar-refractivity contribution in [1.29, 1.82) is 0 Å². The van der Waals surface area contributed by atoms with Crippen LogP contribution in [-0.4, -0.2) is 29.3 Å². The van der Waals surface area contributed by atoms with E-state index in [1.807, 2.05) is 66.6 Å². The highest BCUT2D eigenvalue weighted by molar-refractivity contribution is 7.92. The van der Waals surface area contributed by atoms with Crippen LogP contribution in [0.5, 0.6) is 0 Å². The van der Waals surface area contributed by atoms with Crippen molar-refractivity contribution in [3.8, 4) is 5.69 Å². The number of thiocarbonyl (C=S) groups is 1. The predicted octanol–water partition coefficient (Wildman–Crippen LogP) is 5.38. The molecule has 7 nitrogen and oxygen atoms in total. The summed E-state index contributed by atoms with van der Waals surface area (Å²) in [6.07, 6.45) is 4.92. The first-order chi connectivity index (χ1) is 17.2. The minimum atomic E-state index is -3.38. The standard InChI is InChI=1S/C26H24ClN5O2S2/c1-17-16-20(12-13-21(17)27)31-15-5-7-23(31)25-24(22-6-3-4-14-28-22)29-26(35)32(25)19-10-8-18(9-11-19)30-36(2,33)34/h3-16,24-25,30H,1-2H3,(H,29,35)/t24-,25+/m0/s1. The highest BCUT2D eigenvalue weighted by atomic mass is 35.5. The number of benzene rings is 2. The fourth-order valence-electron chi connectivity index (χ4n) is 4.49. The van der Waals surface area contributed by atoms with E-state index in [2.05, 4.69) is 31.7 Å². The maximum atomic E-state index is 11.6. The van der Waals surface area contributed by atoms with Crippen molar-refractivity contribution in [2.24, 2.45) is 0 Å². The quantitative estimate of drug-likeness (QED) is 0.321. The van der Waals surface area contributed by atoms with Crippen molar-refractivity contribution in [1.82, 2.24) is 14.9 Å². The number of aromatic nitrogens is 2. The SMILES string of the molecule is Cc1cc(-n2cccc2[C@@H]2[C@H](c3ccccn3)NC(=S)N2c2ccc(NS(C)(=O)=O)cc2)ccc1Cl. The molecule has 10 heteroatoms. The number of nitrogens with one attached hydrogen (secondary N) is 2. The Labute approximate surface area is 220 Å². The molecule has 1 fully saturated rings. The van der Waals surface area contributed by atoms with Crippen LogP contribution < -0.4 is 14.9 Å². The van der Waals surface area contributed by atoms with Crippen LogP contribution in [0.15, 0.2) is 85.2 Å². The van der Waals surface area contributed by atoms with Crippen LogP contribution in [0.2, 0.25) is 5.02 Å². The molecule has 4 aromatic rings. The monoisotopic (exact) mass is 537 g/mol. The number of sulfonamides is 1. The van der Waals surface area contributed by atoms with Crippen molar-refractivity contribution < 1.29 is 8.42 Å². The molecule has 2 aromatic carbocycles. The molecule has 36 heavy (non-hydrogen) atoms. The molecular formula is C26H24ClN5O2S2. The highest BCUT2D eigenvalue weighted by Crippen LogP contribution is 2.42. The van der Waals surface area contributed by atoms with Crippen molar-refractivity contribution in [2.75, 3.05) is 15.9 Å². The first-order valence-corrected chi connectivity index (χ1v) is 13.9. The van der Waals surface area contributed by atoms with Gasteiger partial charge in [-0.3, -0.25) is 9.71 Å². The fraction of sp³-hybridized carbons (Fsp3) is 0.154. The summed E-state index contributed by atoms with van der Waals surface area (Å²) in [5.41, 5.74) is 5.16. The average Bonchev–Trinajstić information content (AvgIpc) is 3.45. The number of hydrogen-bond acceptors (Lipinski definition) is 4. The summed E-state index contributed by atoms with van der Waals surface area (Å²) in [6.45, 7) is 1.98. The maximum absolute atomic E-state index is 11.6. The molecule has 0 unspecified atom stereocenters. The largest absolute Gasteiger partial charge is 0.351 e. The Morgan fingerprint density at radius 3 is 2.44 bits per heavy atom. The number of hydrogen-bond donors (Lipinski definition) is 2. The zero-order valence-electron chi connectivity index (χ0n) is 19.6. The minimum absolute atomic E-state index is 0.213. The van der Waals surface area contributed by atoms with Gasteiger partial charge >= 0.3 is 0 Å². The van der Waals surface area contributed by atoms with Gasteiger partial charge in [0.2, 0.25) is 10.0 Å². The zero-order valence-corrected chi connectivity index (χ0v) is 22.0. The smallest absolute Gasteiger partial charge is 0.229 e. The molecule has 2 aromatic heterocycles. The summed E-state index contributed by atoms with van der Waals surface area (Å²) in [6, 6.07) is 22.6. The molecule has 0 saturated carbocycles. The first-order valence-electron chi connectivity index (χ1n) is 11.2. The molecular weight excluding hydrogens is 514 g/mol. The van der Waals surface area contributed by atoms with Crippen LogP contribution in [-0.2, 0) is 10.0 Å². The Bertz CT molecular complexity index is 1520. The molecule has 0 radical (unpaired) electrons. The lowest BCUT2D eigenvalue weighted by Gasteiger charge is -2.29. The van der Waals surface area contributed by atoms with E-state index in [1.165, 1.54) is 0 Å². The average molecular weight is 538 g/mol. The molecule has 2 atom stereocenters. The summed E-state index contributed by atoms with van der Waals surface area (Å²) in [4.78, 5) is 6.66. The van der Waals surface area contributed by atoms with E-state index in [0.717, 1.165) is 34.6 Å². The van der Waals surface area contributed by atoms with Crippen LogP contribution in [0.3, 0.4) is 0 Å². The van der Waals surface area contributed by atoms with Crippen LogP contribution in [0.1, 0.15) is 29.0 Å². The van der Waals surface area contributed by atoms with E-state index in [-0.39, 0.29) is 12.1 Å². The van der Waals surface area contributed by atoms with Gasteiger partial charge in [-0.05, 0) is 91.4 Å². The Morgan fingerprint density at radius 1 is 1.03 bits per heavy atom. The predicted molar refractivity (Wildman–Crippen MR) is 148 cm³/mol. The lowest BCUT2D eigenvalue weighted by Crippen LogP contribution is -2.30. The highest BCUT2D eigenvalue weighted by Gasteiger charge is 2.42. The molecule has 1 aliphatic heterocycles. The van der Waals surface area contributed by atoms with Crippen molar-refractivity contribution >= 4 is 50.3 Å². The molecule has 184 valence electrons. The molecule has 5 rings (SSSR count). The molecule has 3 heterocycles. The van der Waals surface area contributed by atoms with Gasteiger partial charge < -0.3 is 14.8 Å². The van der Waals surface area contributed by atoms with Gasteiger partial charge in [0.1, 0.15) is 6.04 Å². The van der Waals surface area contributed by atoms with Crippen LogP contribution in [0, 0.1) is 6.92 Å². The summed E-state index contributed by atoms with van der Waals surface area (Å²) in [5.74, 6) is 0. The first kappa shape index (κ1) is 24.3. The van der Waals surface area contributed by atoms with Gasteiger partial charge in [0, 0.05) is 40.2 Å². The summed E-state index contributed by atoms with van der Waals surface area (Å²) < 4.78 is 27.9. The maximum Gasteiger partial charge on any atom is 0.229 e. The third kappa shape index (κ3) is 4.82. The van der Waals surface area contributed by atoms with E-state index in [0.29, 0.717) is 15.8 Å². The van der Waals surface area contributed by atoms with Gasteiger partial charge in [-0.25, -0.2) is 8.42 Å². The number of rotatable bonds is 6. The fourth-order valence-corrected chi connectivity index (χ4v) is 5.51. The van der Waals surface area contributed by atoms with Gasteiger partial charge in [0.05, 0.1) is 18.0 Å². The molecule has 0 spiro atoms. The third-order valence-corrected chi connectivity index (χ3v) is 7.39. The number of anilines is 2. The Kier molecular flexibility index (Phi) is 6.46. The number of nitrogens with zero attached hydrogens (tertiary/aromatic N) is 3. The van der Waals surface area contributed by atoms with Crippen LogP contribution in [0.25, 0.3) is 5.69 Å². The zero-order chi connectivity index (χ0) is 25.4. The second-order valence-corrected chi connectivity index (χ2v) is 11.2. The number of halogens is 1. The van der Waals surface area contributed by atoms with Crippen LogP contribution in [0.4, 0.5) is 11.4 Å². The Balaban J connectivity index is 1.61. The topological polar surface area (TPSA) is 79.3 Å². The van der Waals surface area contributed by atoms with E-state index in [4.69, 9.17) is 23.8 Å². The van der Waals surface area contributed by atoms with Crippen LogP contribution >= 0.6 is 23.8 Å². The lowest BCUT2D eigenvalue weighted by atomic mass is 10.0. The Morgan fingerprint density at radius 2 is 1.78 bits per heavy atom. The molecule has 1 aliphatic rings. The van der Waals surface area contributed by atoms with E-state index >= 15 is 0 Å². The Hall–Kier alpha value is -3.40. The lowest BCUT2D eigenvalue weighted by molar-refractivity contribution is 0.549. The molecule has 0 bridgehead atoms. The summed E-state index contributed by atoms with van der Waals surface area (Å²) in [7, 11) is -3.38. The van der Waals surface area contributed by atoms with Gasteiger partial charge in [0.15, 0.2) is 5.11 Å². The van der Waals surface area contributed by atoms with E-state index in [9.17, 15) is 8.42 Å². The second kappa shape index (κ2) is 9.57. The van der Waals surface area contributed by atoms with Crippen molar-refractivity contribution in [2.45, 2.75) is 19.0 Å². The molecule has 0 aliphatic carbocycles. The van der Waals surface area contributed by atoms with Gasteiger partial charge in [0.25, 0.3) is 0 Å². The second-order valence-electron chi connectivity index (χ2n) is 8.65. The van der Waals surface area contributed by atoms with Gasteiger partial charge in [-0.15, -0.1) is 0 Å². The van der Waals surface area contributed by atoms with Gasteiger partial charge in [-0.1, -0.05) is 17.7 Å². The minimum Gasteiger partial charge on any atom is -0.351 e. The van der Waals surface area contributed by atoms with E-state index in [1.54, 1.807) is 18.3 Å². The number of pyridine rings is 1. The van der Waals surface area contributed by atoms with Gasteiger partial charge in [-0.2, -0.15) is 0 Å². The molecule has 1 saturated heterocycles. The third-order valence-electron chi connectivity index (χ3n) is 6.05.